The molecule has 1 N–H and O–H groups in total. The van der Waals surface area contributed by atoms with E-state index < -0.39 is 26.6 Å². The molecule has 0 radical (unpaired) electrons. The molecule has 0 saturated carbocycles. The molecule has 0 aromatic heterocycles. The highest BCUT2D eigenvalue weighted by Crippen LogP contribution is 2.18. The predicted molar refractivity (Wildman–Crippen MR) is 85.9 cm³/mol. The van der Waals surface area contributed by atoms with E-state index in [1.165, 1.54) is 0 Å². The van der Waals surface area contributed by atoms with Crippen molar-refractivity contribution < 1.29 is 17.2 Å². The second-order valence-electron chi connectivity index (χ2n) is 5.06. The van der Waals surface area contributed by atoms with Gasteiger partial charge in [-0.25, -0.2) is 21.9 Å². The molecule has 4 nitrogen and oxygen atoms in total. The number of hydrogen-bond acceptors (Lipinski definition) is 3. The van der Waals surface area contributed by atoms with Gasteiger partial charge in [-0.15, -0.1) is 0 Å². The highest BCUT2D eigenvalue weighted by molar-refractivity contribution is 7.89. The van der Waals surface area contributed by atoms with E-state index >= 15 is 0 Å². The monoisotopic (exact) mass is 340 g/mol. The number of nitrogens with one attached hydrogen (secondary N) is 1. The molecule has 0 spiro atoms. The molecule has 0 aliphatic carbocycles. The van der Waals surface area contributed by atoms with Gasteiger partial charge < -0.3 is 4.90 Å². The van der Waals surface area contributed by atoms with Crippen molar-refractivity contribution in [3.63, 3.8) is 0 Å². The smallest absolute Gasteiger partial charge is 0.246 e. The van der Waals surface area contributed by atoms with Crippen LogP contribution in [0.15, 0.2) is 53.4 Å². The summed E-state index contributed by atoms with van der Waals surface area (Å²) in [6.07, 6.45) is 0.501. The van der Waals surface area contributed by atoms with Crippen molar-refractivity contribution in [3.8, 4) is 0 Å². The minimum Gasteiger partial charge on any atom is -0.375 e. The molecule has 0 saturated heterocycles. The molecule has 124 valence electrons. The Labute approximate surface area is 134 Å². The van der Waals surface area contributed by atoms with Crippen LogP contribution in [0.1, 0.15) is 6.42 Å². The lowest BCUT2D eigenvalue weighted by Crippen LogP contribution is -2.29. The van der Waals surface area contributed by atoms with Crippen LogP contribution < -0.4 is 9.62 Å². The Kier molecular flexibility index (Phi) is 5.68. The fourth-order valence-corrected chi connectivity index (χ4v) is 3.35. The van der Waals surface area contributed by atoms with Crippen LogP contribution in [0, 0.1) is 11.6 Å². The number of anilines is 1. The Morgan fingerprint density at radius 1 is 1.00 bits per heavy atom. The molecule has 2 rings (SSSR count). The van der Waals surface area contributed by atoms with E-state index in [1.54, 1.807) is 0 Å². The van der Waals surface area contributed by atoms with Gasteiger partial charge in [-0.1, -0.05) is 24.3 Å². The zero-order valence-electron chi connectivity index (χ0n) is 12.7. The van der Waals surface area contributed by atoms with Crippen molar-refractivity contribution >= 4 is 15.7 Å². The second-order valence-corrected chi connectivity index (χ2v) is 6.76. The first kappa shape index (κ1) is 17.4. The van der Waals surface area contributed by atoms with Crippen molar-refractivity contribution in [1.82, 2.24) is 4.72 Å². The van der Waals surface area contributed by atoms with Gasteiger partial charge in [-0.05, 0) is 30.7 Å². The van der Waals surface area contributed by atoms with E-state index in [4.69, 9.17) is 0 Å². The van der Waals surface area contributed by atoms with Crippen LogP contribution >= 0.6 is 0 Å². The summed E-state index contributed by atoms with van der Waals surface area (Å²) in [5, 5.41) is 0. The molecule has 23 heavy (non-hydrogen) atoms. The number of nitrogens with zero attached hydrogens (tertiary/aromatic N) is 1. The molecule has 2 aromatic rings. The van der Waals surface area contributed by atoms with Crippen LogP contribution in [0.2, 0.25) is 0 Å². The van der Waals surface area contributed by atoms with Crippen LogP contribution in [-0.4, -0.2) is 28.6 Å². The minimum absolute atomic E-state index is 0.0906. The fraction of sp³-hybridized carbons (Fsp3) is 0.250. The van der Waals surface area contributed by atoms with E-state index in [9.17, 15) is 17.2 Å². The van der Waals surface area contributed by atoms with Gasteiger partial charge in [0, 0.05) is 25.8 Å². The average molecular weight is 340 g/mol. The van der Waals surface area contributed by atoms with Gasteiger partial charge in [0.25, 0.3) is 0 Å². The first-order valence-electron chi connectivity index (χ1n) is 7.11. The number of sulfonamides is 1. The summed E-state index contributed by atoms with van der Waals surface area (Å²) in [7, 11) is -2.31. The third-order valence-corrected chi connectivity index (χ3v) is 4.86. The molecule has 7 heteroatoms. The lowest BCUT2D eigenvalue weighted by molar-refractivity contribution is 0.513. The van der Waals surface area contributed by atoms with E-state index in [0.29, 0.717) is 13.0 Å². The summed E-state index contributed by atoms with van der Waals surface area (Å²) in [5.74, 6) is -2.20. The lowest BCUT2D eigenvalue weighted by Gasteiger charge is -2.19. The van der Waals surface area contributed by atoms with Gasteiger partial charge in [-0.3, -0.25) is 0 Å². The molecule has 0 atom stereocenters. The van der Waals surface area contributed by atoms with E-state index in [2.05, 4.69) is 4.72 Å². The fourth-order valence-electron chi connectivity index (χ4n) is 2.15. The second kappa shape index (κ2) is 7.52. The largest absolute Gasteiger partial charge is 0.375 e. The number of rotatable bonds is 7. The first-order valence-corrected chi connectivity index (χ1v) is 8.60. The molecule has 0 amide bonds. The lowest BCUT2D eigenvalue weighted by atomic mass is 10.3. The average Bonchev–Trinajstić information content (AvgIpc) is 2.52. The van der Waals surface area contributed by atoms with Gasteiger partial charge >= 0.3 is 0 Å². The molecule has 0 aliphatic heterocycles. The summed E-state index contributed by atoms with van der Waals surface area (Å²) >= 11 is 0. The van der Waals surface area contributed by atoms with E-state index in [1.807, 2.05) is 42.3 Å². The highest BCUT2D eigenvalue weighted by Gasteiger charge is 2.23. The van der Waals surface area contributed by atoms with Crippen LogP contribution in [0.4, 0.5) is 14.5 Å². The summed E-state index contributed by atoms with van der Waals surface area (Å²) in [6.45, 7) is 0.694. The van der Waals surface area contributed by atoms with Crippen LogP contribution in [0.3, 0.4) is 0 Å². The third-order valence-electron chi connectivity index (χ3n) is 3.35. The first-order chi connectivity index (χ1) is 10.9. The van der Waals surface area contributed by atoms with Gasteiger partial charge in [0.1, 0.15) is 11.6 Å². The molecule has 2 aromatic carbocycles. The van der Waals surface area contributed by atoms with Crippen molar-refractivity contribution in [1.29, 1.82) is 0 Å². The summed E-state index contributed by atoms with van der Waals surface area (Å²) in [4.78, 5) is 1.04. The number of halogens is 2. The Morgan fingerprint density at radius 2 is 1.61 bits per heavy atom. The minimum atomic E-state index is -4.20. The maximum absolute atomic E-state index is 13.5. The topological polar surface area (TPSA) is 49.4 Å². The van der Waals surface area contributed by atoms with Crippen LogP contribution in [0.25, 0.3) is 0 Å². The SMILES string of the molecule is CN(CCCNS(=O)(=O)c1c(F)cccc1F)c1ccccc1. The Bertz CT molecular complexity index is 732. The van der Waals surface area contributed by atoms with Crippen molar-refractivity contribution in [2.75, 3.05) is 25.0 Å². The summed E-state index contributed by atoms with van der Waals surface area (Å²) < 4.78 is 53.3. The van der Waals surface area contributed by atoms with Crippen molar-refractivity contribution in [3.05, 3.63) is 60.2 Å². The predicted octanol–water partition coefficient (Wildman–Crippen LogP) is 2.77. The molecule has 0 bridgehead atoms. The normalized spacial score (nSPS) is 11.4. The van der Waals surface area contributed by atoms with Gasteiger partial charge in [0.2, 0.25) is 10.0 Å². The highest BCUT2D eigenvalue weighted by atomic mass is 32.2. The zero-order valence-corrected chi connectivity index (χ0v) is 13.5. The maximum atomic E-state index is 13.5. The molecular weight excluding hydrogens is 322 g/mol. The zero-order chi connectivity index (χ0) is 16.9. The van der Waals surface area contributed by atoms with Gasteiger partial charge in [0.05, 0.1) is 0 Å². The van der Waals surface area contributed by atoms with Crippen molar-refractivity contribution in [2.45, 2.75) is 11.3 Å². The Balaban J connectivity index is 1.91. The Hall–Kier alpha value is -1.99. The van der Waals surface area contributed by atoms with Crippen molar-refractivity contribution in [2.24, 2.45) is 0 Å². The maximum Gasteiger partial charge on any atom is 0.246 e. The van der Waals surface area contributed by atoms with Crippen LogP contribution in [-0.2, 0) is 10.0 Å². The number of para-hydroxylation sites is 1. The third kappa shape index (κ3) is 4.49. The molecule has 0 unspecified atom stereocenters. The van der Waals surface area contributed by atoms with E-state index in [0.717, 1.165) is 23.9 Å². The van der Waals surface area contributed by atoms with Gasteiger partial charge in [-0.2, -0.15) is 0 Å². The molecule has 0 aliphatic rings. The molecule has 0 fully saturated rings. The number of hydrogen-bond donors (Lipinski definition) is 1. The standard InChI is InChI=1S/C16H18F2N2O2S/c1-20(13-7-3-2-4-8-13)12-6-11-19-23(21,22)16-14(17)9-5-10-15(16)18/h2-5,7-10,19H,6,11-12H2,1H3. The van der Waals surface area contributed by atoms with Gasteiger partial charge in [0.15, 0.2) is 4.90 Å². The van der Waals surface area contributed by atoms with Crippen LogP contribution in [0.5, 0.6) is 0 Å². The van der Waals surface area contributed by atoms with E-state index in [-0.39, 0.29) is 6.54 Å². The summed E-state index contributed by atoms with van der Waals surface area (Å²) in [5.41, 5.74) is 1.01. The summed E-state index contributed by atoms with van der Waals surface area (Å²) in [6, 6.07) is 12.6. The quantitative estimate of drug-likeness (QED) is 0.789. The molecule has 0 heterocycles. The number of benzene rings is 2. The Morgan fingerprint density at radius 3 is 2.22 bits per heavy atom. The molecular formula is C16H18F2N2O2S.